The predicted octanol–water partition coefficient (Wildman–Crippen LogP) is 0.678. The van der Waals surface area contributed by atoms with Crippen molar-refractivity contribution in [1.29, 1.82) is 0 Å². The van der Waals surface area contributed by atoms with Crippen molar-refractivity contribution in [3.63, 3.8) is 0 Å². The molecular weight excluding hydrogens is 232 g/mol. The molecule has 0 aliphatic rings. The maximum Gasteiger partial charge on any atom is 0.200 e. The molecule has 0 spiro atoms. The van der Waals surface area contributed by atoms with Crippen LogP contribution in [0.2, 0.25) is 0 Å². The van der Waals surface area contributed by atoms with Gasteiger partial charge < -0.3 is 20.3 Å². The molecule has 1 aromatic rings. The van der Waals surface area contributed by atoms with Gasteiger partial charge in [-0.15, -0.1) is 0 Å². The molecule has 2 atom stereocenters. The third-order valence-corrected chi connectivity index (χ3v) is 2.21. The number of hydrogen-bond acceptors (Lipinski definition) is 4. The summed E-state index contributed by atoms with van der Waals surface area (Å²) < 4.78 is 36.1. The molecule has 2 unspecified atom stereocenters. The molecule has 1 rings (SSSR count). The Balaban J connectivity index is 2.77. The van der Waals surface area contributed by atoms with E-state index in [1.54, 1.807) is 0 Å². The molecule has 0 bridgehead atoms. The smallest absolute Gasteiger partial charge is 0.200 e. The summed E-state index contributed by atoms with van der Waals surface area (Å²) in [5, 5.41) is 9.07. The lowest BCUT2D eigenvalue weighted by molar-refractivity contribution is 0.0575. The van der Waals surface area contributed by atoms with Crippen molar-refractivity contribution < 1.29 is 23.4 Å². The first kappa shape index (κ1) is 13.8. The zero-order chi connectivity index (χ0) is 12.8. The quantitative estimate of drug-likeness (QED) is 0.775. The normalized spacial score (nSPS) is 14.4. The van der Waals surface area contributed by atoms with Gasteiger partial charge >= 0.3 is 0 Å². The van der Waals surface area contributed by atoms with Gasteiger partial charge in [-0.3, -0.25) is 0 Å². The lowest BCUT2D eigenvalue weighted by atomic mass is 10.2. The highest BCUT2D eigenvalue weighted by atomic mass is 19.2. The van der Waals surface area contributed by atoms with E-state index < -0.39 is 30.4 Å². The van der Waals surface area contributed by atoms with Crippen molar-refractivity contribution in [1.82, 2.24) is 0 Å². The molecule has 3 N–H and O–H groups in total. The number of hydrogen-bond donors (Lipinski definition) is 2. The zero-order valence-electron chi connectivity index (χ0n) is 9.40. The third kappa shape index (κ3) is 3.62. The molecule has 4 nitrogen and oxygen atoms in total. The molecule has 0 heterocycles. The van der Waals surface area contributed by atoms with Crippen LogP contribution in [-0.4, -0.2) is 37.6 Å². The van der Waals surface area contributed by atoms with Crippen LogP contribution in [0.25, 0.3) is 0 Å². The van der Waals surface area contributed by atoms with E-state index in [0.717, 1.165) is 6.07 Å². The fourth-order valence-electron chi connectivity index (χ4n) is 1.30. The number of ether oxygens (including phenoxy) is 2. The second-order valence-corrected chi connectivity index (χ2v) is 3.51. The van der Waals surface area contributed by atoms with Crippen molar-refractivity contribution in [2.75, 3.05) is 20.3 Å². The number of aliphatic hydroxyl groups is 1. The summed E-state index contributed by atoms with van der Waals surface area (Å²) in [4.78, 5) is 0. The van der Waals surface area contributed by atoms with E-state index in [1.807, 2.05) is 0 Å². The Morgan fingerprint density at radius 2 is 2.12 bits per heavy atom. The van der Waals surface area contributed by atoms with Crippen molar-refractivity contribution in [2.24, 2.45) is 5.73 Å². The largest absolute Gasteiger partial charge is 0.483 e. The van der Waals surface area contributed by atoms with Crippen LogP contribution in [0.3, 0.4) is 0 Å². The van der Waals surface area contributed by atoms with Crippen molar-refractivity contribution in [2.45, 2.75) is 12.1 Å². The minimum Gasteiger partial charge on any atom is -0.483 e. The standard InChI is InChI=1S/C11H15F2NO3/c1-16-6-8(14)10(5-15)17-9-4-2-3-7(12)11(9)13/h2-4,8,10,15H,5-6,14H2,1H3. The van der Waals surface area contributed by atoms with Gasteiger partial charge in [-0.2, -0.15) is 4.39 Å². The Labute approximate surface area is 97.9 Å². The Morgan fingerprint density at radius 1 is 1.41 bits per heavy atom. The molecule has 17 heavy (non-hydrogen) atoms. The second-order valence-electron chi connectivity index (χ2n) is 3.51. The molecule has 0 aliphatic carbocycles. The SMILES string of the molecule is COCC(N)C(CO)Oc1cccc(F)c1F. The van der Waals surface area contributed by atoms with E-state index >= 15 is 0 Å². The Kier molecular flexibility index (Phi) is 5.27. The number of rotatable bonds is 6. The fraction of sp³-hybridized carbons (Fsp3) is 0.455. The second kappa shape index (κ2) is 6.48. The monoisotopic (exact) mass is 247 g/mol. The van der Waals surface area contributed by atoms with Gasteiger partial charge in [0.15, 0.2) is 11.6 Å². The van der Waals surface area contributed by atoms with Gasteiger partial charge in [0.1, 0.15) is 6.10 Å². The first-order valence-corrected chi connectivity index (χ1v) is 5.06. The summed E-state index contributed by atoms with van der Waals surface area (Å²) in [5.41, 5.74) is 5.65. The van der Waals surface area contributed by atoms with E-state index in [9.17, 15) is 8.78 Å². The van der Waals surface area contributed by atoms with E-state index in [4.69, 9.17) is 20.3 Å². The van der Waals surface area contributed by atoms with E-state index in [0.29, 0.717) is 0 Å². The minimum atomic E-state index is -1.10. The van der Waals surface area contributed by atoms with Gasteiger partial charge in [0, 0.05) is 7.11 Å². The number of methoxy groups -OCH3 is 1. The highest BCUT2D eigenvalue weighted by Crippen LogP contribution is 2.20. The summed E-state index contributed by atoms with van der Waals surface area (Å²) in [5.74, 6) is -2.40. The molecule has 0 amide bonds. The average molecular weight is 247 g/mol. The van der Waals surface area contributed by atoms with Gasteiger partial charge in [-0.25, -0.2) is 4.39 Å². The summed E-state index contributed by atoms with van der Waals surface area (Å²) in [6.07, 6.45) is -0.855. The summed E-state index contributed by atoms with van der Waals surface area (Å²) in [7, 11) is 1.44. The molecular formula is C11H15F2NO3. The highest BCUT2D eigenvalue weighted by molar-refractivity contribution is 5.25. The number of halogens is 2. The van der Waals surface area contributed by atoms with Crippen molar-refractivity contribution in [3.8, 4) is 5.75 Å². The van der Waals surface area contributed by atoms with Gasteiger partial charge in [-0.1, -0.05) is 6.07 Å². The maximum absolute atomic E-state index is 13.3. The Morgan fingerprint density at radius 3 is 2.71 bits per heavy atom. The first-order chi connectivity index (χ1) is 8.10. The van der Waals surface area contributed by atoms with Gasteiger partial charge in [0.25, 0.3) is 0 Å². The lowest BCUT2D eigenvalue weighted by Gasteiger charge is -2.22. The van der Waals surface area contributed by atoms with Crippen LogP contribution in [0.1, 0.15) is 0 Å². The van der Waals surface area contributed by atoms with E-state index in [-0.39, 0.29) is 12.4 Å². The molecule has 0 fully saturated rings. The summed E-state index contributed by atoms with van der Waals surface area (Å²) >= 11 is 0. The highest BCUT2D eigenvalue weighted by Gasteiger charge is 2.21. The predicted molar refractivity (Wildman–Crippen MR) is 57.7 cm³/mol. The van der Waals surface area contributed by atoms with Gasteiger partial charge in [-0.05, 0) is 12.1 Å². The first-order valence-electron chi connectivity index (χ1n) is 5.06. The minimum absolute atomic E-state index is 0.141. The molecule has 0 radical (unpaired) electrons. The summed E-state index contributed by atoms with van der Waals surface area (Å²) in [6.45, 7) is -0.275. The number of nitrogens with two attached hydrogens (primary N) is 1. The molecule has 0 saturated carbocycles. The Bertz CT molecular complexity index is 363. The van der Waals surface area contributed by atoms with Crippen LogP contribution in [0, 0.1) is 11.6 Å². The van der Waals surface area contributed by atoms with Gasteiger partial charge in [0.05, 0.1) is 19.3 Å². The third-order valence-electron chi connectivity index (χ3n) is 2.21. The average Bonchev–Trinajstić information content (AvgIpc) is 2.31. The molecule has 6 heteroatoms. The molecule has 0 aromatic heterocycles. The molecule has 0 aliphatic heterocycles. The maximum atomic E-state index is 13.3. The van der Waals surface area contributed by atoms with Crippen molar-refractivity contribution in [3.05, 3.63) is 29.8 Å². The van der Waals surface area contributed by atoms with Gasteiger partial charge in [0.2, 0.25) is 5.82 Å². The van der Waals surface area contributed by atoms with E-state index in [2.05, 4.69) is 0 Å². The van der Waals surface area contributed by atoms with Crippen LogP contribution in [0.4, 0.5) is 8.78 Å². The summed E-state index contributed by atoms with van der Waals surface area (Å²) in [6, 6.07) is 2.92. The number of benzene rings is 1. The molecule has 1 aromatic carbocycles. The molecule has 0 saturated heterocycles. The van der Waals surface area contributed by atoms with Crippen molar-refractivity contribution >= 4 is 0 Å². The van der Waals surface area contributed by atoms with Crippen LogP contribution in [0.5, 0.6) is 5.75 Å². The Hall–Kier alpha value is -1.24. The topological polar surface area (TPSA) is 64.7 Å². The lowest BCUT2D eigenvalue weighted by Crippen LogP contribution is -2.44. The van der Waals surface area contributed by atoms with Crippen LogP contribution in [0.15, 0.2) is 18.2 Å². The number of aliphatic hydroxyl groups excluding tert-OH is 1. The van der Waals surface area contributed by atoms with Crippen LogP contribution >= 0.6 is 0 Å². The van der Waals surface area contributed by atoms with Crippen LogP contribution in [-0.2, 0) is 4.74 Å². The molecule has 96 valence electrons. The van der Waals surface area contributed by atoms with E-state index in [1.165, 1.54) is 19.2 Å². The zero-order valence-corrected chi connectivity index (χ0v) is 9.40. The fourth-order valence-corrected chi connectivity index (χ4v) is 1.30. The van der Waals surface area contributed by atoms with Crippen LogP contribution < -0.4 is 10.5 Å².